The van der Waals surface area contributed by atoms with E-state index in [0.717, 1.165) is 19.4 Å². The third-order valence-electron chi connectivity index (χ3n) is 3.40. The van der Waals surface area contributed by atoms with Crippen molar-refractivity contribution in [1.29, 1.82) is 0 Å². The molecule has 1 aliphatic rings. The molecule has 0 aromatic heterocycles. The van der Waals surface area contributed by atoms with Crippen LogP contribution in [0.5, 0.6) is 0 Å². The number of nitrogens with one attached hydrogen (secondary N) is 1. The molecule has 1 aliphatic heterocycles. The normalized spacial score (nSPS) is 20.6. The fraction of sp³-hybridized carbons (Fsp3) is 0.538. The van der Waals surface area contributed by atoms with Crippen LogP contribution in [0.1, 0.15) is 12.8 Å². The number of likely N-dealkylation sites (tertiary alicyclic amines) is 1. The molecule has 1 saturated heterocycles. The second kappa shape index (κ2) is 6.36. The molecule has 0 aliphatic carbocycles. The third-order valence-corrected chi connectivity index (χ3v) is 4.67. The van der Waals surface area contributed by atoms with E-state index in [1.54, 1.807) is 24.3 Å². The number of benzene rings is 1. The van der Waals surface area contributed by atoms with E-state index in [4.69, 9.17) is 0 Å². The van der Waals surface area contributed by atoms with Crippen molar-refractivity contribution < 1.29 is 13.5 Å². The Bertz CT molecular complexity index is 490. The third kappa shape index (κ3) is 4.19. The Kier molecular flexibility index (Phi) is 4.79. The highest BCUT2D eigenvalue weighted by atomic mass is 32.2. The van der Waals surface area contributed by atoms with Crippen molar-refractivity contribution in [3.63, 3.8) is 0 Å². The van der Waals surface area contributed by atoms with Crippen LogP contribution in [0.25, 0.3) is 0 Å². The van der Waals surface area contributed by atoms with E-state index in [1.165, 1.54) is 0 Å². The van der Waals surface area contributed by atoms with Crippen LogP contribution in [0.4, 0.5) is 5.69 Å². The zero-order valence-electron chi connectivity index (χ0n) is 10.8. The van der Waals surface area contributed by atoms with Gasteiger partial charge < -0.3 is 5.11 Å². The molecule has 5 nitrogen and oxygen atoms in total. The van der Waals surface area contributed by atoms with Gasteiger partial charge in [-0.05, 0) is 31.5 Å². The van der Waals surface area contributed by atoms with E-state index in [-0.39, 0.29) is 18.4 Å². The van der Waals surface area contributed by atoms with Gasteiger partial charge in [0.2, 0.25) is 10.0 Å². The van der Waals surface area contributed by atoms with Crippen molar-refractivity contribution in [3.05, 3.63) is 30.3 Å². The molecular weight excluding hydrogens is 264 g/mol. The van der Waals surface area contributed by atoms with Crippen molar-refractivity contribution in [2.45, 2.75) is 18.9 Å². The number of anilines is 1. The summed E-state index contributed by atoms with van der Waals surface area (Å²) in [5.41, 5.74) is 0.586. The Morgan fingerprint density at radius 2 is 2.05 bits per heavy atom. The van der Waals surface area contributed by atoms with Gasteiger partial charge in [0, 0.05) is 18.3 Å². The molecular formula is C13H20N2O3S. The van der Waals surface area contributed by atoms with Gasteiger partial charge in [0.15, 0.2) is 0 Å². The largest absolute Gasteiger partial charge is 0.395 e. The van der Waals surface area contributed by atoms with E-state index in [1.807, 2.05) is 11.0 Å². The number of rotatable bonds is 6. The average molecular weight is 284 g/mol. The van der Waals surface area contributed by atoms with E-state index in [9.17, 15) is 13.5 Å². The Morgan fingerprint density at radius 3 is 2.74 bits per heavy atom. The predicted octanol–water partition coefficient (Wildman–Crippen LogP) is 0.885. The summed E-state index contributed by atoms with van der Waals surface area (Å²) in [6.07, 6.45) is 1.97. The maximum atomic E-state index is 12.0. The van der Waals surface area contributed by atoms with Crippen LogP contribution in [0, 0.1) is 0 Å². The van der Waals surface area contributed by atoms with Gasteiger partial charge in [-0.3, -0.25) is 9.62 Å². The molecule has 0 bridgehead atoms. The lowest BCUT2D eigenvalue weighted by molar-refractivity contribution is 0.165. The lowest BCUT2D eigenvalue weighted by atomic mass is 10.2. The number of aliphatic hydroxyl groups is 1. The first-order valence-corrected chi connectivity index (χ1v) is 8.16. The fourth-order valence-electron chi connectivity index (χ4n) is 2.37. The van der Waals surface area contributed by atoms with Gasteiger partial charge in [-0.2, -0.15) is 0 Å². The molecule has 1 aromatic carbocycles. The zero-order chi connectivity index (χ0) is 13.7. The summed E-state index contributed by atoms with van der Waals surface area (Å²) >= 11 is 0. The molecule has 106 valence electrons. The Balaban J connectivity index is 1.88. The van der Waals surface area contributed by atoms with Crippen LogP contribution >= 0.6 is 0 Å². The highest BCUT2D eigenvalue weighted by Gasteiger charge is 2.24. The zero-order valence-corrected chi connectivity index (χ0v) is 11.6. The van der Waals surface area contributed by atoms with E-state index in [2.05, 4.69) is 4.72 Å². The Hall–Kier alpha value is -1.11. The average Bonchev–Trinajstić information content (AvgIpc) is 2.84. The molecule has 1 unspecified atom stereocenters. The molecule has 19 heavy (non-hydrogen) atoms. The van der Waals surface area contributed by atoms with E-state index in [0.29, 0.717) is 12.2 Å². The number of sulfonamides is 1. The SMILES string of the molecule is O=S(=O)(CCN1CCCC1CO)Nc1ccccc1. The van der Waals surface area contributed by atoms with Gasteiger partial charge in [0.25, 0.3) is 0 Å². The smallest absolute Gasteiger partial charge is 0.233 e. The highest BCUT2D eigenvalue weighted by Crippen LogP contribution is 2.16. The Morgan fingerprint density at radius 1 is 1.32 bits per heavy atom. The van der Waals surface area contributed by atoms with Gasteiger partial charge in [-0.15, -0.1) is 0 Å². The van der Waals surface area contributed by atoms with Crippen LogP contribution in [-0.4, -0.2) is 49.9 Å². The molecule has 0 amide bonds. The summed E-state index contributed by atoms with van der Waals surface area (Å²) in [6, 6.07) is 8.99. The topological polar surface area (TPSA) is 69.6 Å². The summed E-state index contributed by atoms with van der Waals surface area (Å²) in [5.74, 6) is 0.0540. The van der Waals surface area contributed by atoms with Crippen molar-refractivity contribution in [1.82, 2.24) is 4.90 Å². The second-order valence-corrected chi connectivity index (χ2v) is 6.64. The maximum absolute atomic E-state index is 12.0. The van der Waals surface area contributed by atoms with Crippen molar-refractivity contribution in [2.24, 2.45) is 0 Å². The standard InChI is InChI=1S/C13H20N2O3S/c16-11-13-7-4-8-15(13)9-10-19(17,18)14-12-5-2-1-3-6-12/h1-3,5-6,13-14,16H,4,7-11H2. The van der Waals surface area contributed by atoms with Crippen molar-refractivity contribution >= 4 is 15.7 Å². The molecule has 0 spiro atoms. The lowest BCUT2D eigenvalue weighted by Crippen LogP contribution is -2.36. The number of hydrogen-bond donors (Lipinski definition) is 2. The number of nitrogens with zero attached hydrogens (tertiary/aromatic N) is 1. The quantitative estimate of drug-likeness (QED) is 0.814. The minimum Gasteiger partial charge on any atom is -0.395 e. The minimum atomic E-state index is -3.33. The van der Waals surface area contributed by atoms with Crippen molar-refractivity contribution in [2.75, 3.05) is 30.2 Å². The second-order valence-electron chi connectivity index (χ2n) is 4.80. The predicted molar refractivity (Wildman–Crippen MR) is 75.5 cm³/mol. The maximum Gasteiger partial charge on any atom is 0.233 e. The number of hydrogen-bond acceptors (Lipinski definition) is 4. The lowest BCUT2D eigenvalue weighted by Gasteiger charge is -2.22. The summed E-state index contributed by atoms with van der Waals surface area (Å²) in [6.45, 7) is 1.44. The minimum absolute atomic E-state index is 0.0540. The highest BCUT2D eigenvalue weighted by molar-refractivity contribution is 7.92. The van der Waals surface area contributed by atoms with Crippen molar-refractivity contribution in [3.8, 4) is 0 Å². The Labute approximate surface area is 114 Å². The fourth-order valence-corrected chi connectivity index (χ4v) is 3.44. The van der Waals surface area contributed by atoms with E-state index >= 15 is 0 Å². The molecule has 2 N–H and O–H groups in total. The first kappa shape index (κ1) is 14.3. The summed E-state index contributed by atoms with van der Waals surface area (Å²) in [7, 11) is -3.33. The summed E-state index contributed by atoms with van der Waals surface area (Å²) in [5, 5.41) is 9.19. The van der Waals surface area contributed by atoms with Gasteiger partial charge in [-0.1, -0.05) is 18.2 Å². The van der Waals surface area contributed by atoms with Crippen LogP contribution < -0.4 is 4.72 Å². The molecule has 0 radical (unpaired) electrons. The van der Waals surface area contributed by atoms with Gasteiger partial charge in [0.1, 0.15) is 0 Å². The molecule has 1 fully saturated rings. The van der Waals surface area contributed by atoms with Gasteiger partial charge in [0.05, 0.1) is 12.4 Å². The van der Waals surface area contributed by atoms with Crippen LogP contribution in [0.15, 0.2) is 30.3 Å². The number of aliphatic hydroxyl groups excluding tert-OH is 1. The molecule has 1 aromatic rings. The van der Waals surface area contributed by atoms with E-state index < -0.39 is 10.0 Å². The van der Waals surface area contributed by atoms with Gasteiger partial charge in [-0.25, -0.2) is 8.42 Å². The summed E-state index contributed by atoms with van der Waals surface area (Å²) < 4.78 is 26.5. The van der Waals surface area contributed by atoms with Crippen LogP contribution in [0.2, 0.25) is 0 Å². The molecule has 1 heterocycles. The number of para-hydroxylation sites is 1. The molecule has 2 rings (SSSR count). The molecule has 6 heteroatoms. The first-order valence-electron chi connectivity index (χ1n) is 6.51. The first-order chi connectivity index (χ1) is 9.11. The molecule has 1 atom stereocenters. The monoisotopic (exact) mass is 284 g/mol. The summed E-state index contributed by atoms with van der Waals surface area (Å²) in [4.78, 5) is 2.05. The van der Waals surface area contributed by atoms with Crippen LogP contribution in [-0.2, 0) is 10.0 Å². The molecule has 0 saturated carbocycles. The van der Waals surface area contributed by atoms with Gasteiger partial charge >= 0.3 is 0 Å². The van der Waals surface area contributed by atoms with Crippen LogP contribution in [0.3, 0.4) is 0 Å².